The van der Waals surface area contributed by atoms with Crippen LogP contribution in [0.5, 0.6) is 0 Å². The number of halogens is 1. The summed E-state index contributed by atoms with van der Waals surface area (Å²) in [6, 6.07) is 8.77. The minimum Gasteiger partial charge on any atom is -0.356 e. The van der Waals surface area contributed by atoms with E-state index in [1.165, 1.54) is 36.8 Å². The molecule has 1 aromatic rings. The van der Waals surface area contributed by atoms with Gasteiger partial charge < -0.3 is 15.5 Å². The Labute approximate surface area is 170 Å². The molecule has 0 radical (unpaired) electrons. The second-order valence-corrected chi connectivity index (χ2v) is 6.76. The van der Waals surface area contributed by atoms with Crippen LogP contribution in [-0.2, 0) is 13.1 Å². The number of nitrogens with one attached hydrogen (secondary N) is 2. The summed E-state index contributed by atoms with van der Waals surface area (Å²) in [6.45, 7) is 2.73. The van der Waals surface area contributed by atoms with Crippen molar-refractivity contribution in [2.24, 2.45) is 4.99 Å². The van der Waals surface area contributed by atoms with Crippen molar-refractivity contribution in [3.8, 4) is 0 Å². The van der Waals surface area contributed by atoms with Gasteiger partial charge in [0.2, 0.25) is 0 Å². The molecule has 0 fully saturated rings. The Morgan fingerprint density at radius 1 is 1.08 bits per heavy atom. The zero-order chi connectivity index (χ0) is 17.2. The summed E-state index contributed by atoms with van der Waals surface area (Å²) in [5.74, 6) is 0.878. The third-order valence-electron chi connectivity index (χ3n) is 4.33. The highest BCUT2D eigenvalue weighted by Gasteiger charge is 2.04. The van der Waals surface area contributed by atoms with E-state index in [1.807, 2.05) is 7.05 Å². The van der Waals surface area contributed by atoms with Gasteiger partial charge in [0.15, 0.2) is 5.96 Å². The average Bonchev–Trinajstić information content (AvgIpc) is 2.59. The lowest BCUT2D eigenvalue weighted by atomic mass is 9.97. The molecule has 140 valence electrons. The van der Waals surface area contributed by atoms with Crippen molar-refractivity contribution >= 4 is 29.9 Å². The summed E-state index contributed by atoms with van der Waals surface area (Å²) in [6.07, 6.45) is 8.77. The van der Waals surface area contributed by atoms with E-state index in [2.05, 4.69) is 65.0 Å². The molecule has 2 rings (SSSR count). The van der Waals surface area contributed by atoms with Crippen molar-refractivity contribution < 1.29 is 0 Å². The van der Waals surface area contributed by atoms with E-state index in [0.29, 0.717) is 0 Å². The quantitative estimate of drug-likeness (QED) is 0.283. The summed E-state index contributed by atoms with van der Waals surface area (Å²) in [5, 5.41) is 6.81. The third-order valence-corrected chi connectivity index (χ3v) is 4.33. The summed E-state index contributed by atoms with van der Waals surface area (Å²) in [4.78, 5) is 6.49. The normalized spacial score (nSPS) is 14.7. The molecular formula is C20H33IN4. The molecule has 0 unspecified atom stereocenters. The lowest BCUT2D eigenvalue weighted by Gasteiger charge is -2.15. The Balaban J connectivity index is 0.00000312. The number of guanidine groups is 1. The lowest BCUT2D eigenvalue weighted by Crippen LogP contribution is -2.37. The summed E-state index contributed by atoms with van der Waals surface area (Å²) < 4.78 is 0. The Hall–Kier alpha value is -1.08. The highest BCUT2D eigenvalue weighted by Crippen LogP contribution is 2.19. The molecular weight excluding hydrogens is 423 g/mol. The van der Waals surface area contributed by atoms with Crippen LogP contribution in [0.1, 0.15) is 43.2 Å². The van der Waals surface area contributed by atoms with E-state index in [4.69, 9.17) is 0 Å². The number of hydrogen-bond donors (Lipinski definition) is 2. The monoisotopic (exact) mass is 456 g/mol. The van der Waals surface area contributed by atoms with Crippen molar-refractivity contribution in [2.75, 3.05) is 27.7 Å². The molecule has 0 saturated heterocycles. The fraction of sp³-hybridized carbons (Fsp3) is 0.550. The number of hydrogen-bond acceptors (Lipinski definition) is 2. The number of benzene rings is 1. The molecule has 1 aliphatic rings. The number of nitrogens with zero attached hydrogens (tertiary/aromatic N) is 2. The molecule has 5 heteroatoms. The maximum absolute atomic E-state index is 4.31. The van der Waals surface area contributed by atoms with Crippen LogP contribution < -0.4 is 10.6 Å². The molecule has 0 atom stereocenters. The maximum Gasteiger partial charge on any atom is 0.191 e. The number of rotatable bonds is 7. The molecule has 2 N–H and O–H groups in total. The predicted octanol–water partition coefficient (Wildman–Crippen LogP) is 3.92. The van der Waals surface area contributed by atoms with Crippen LogP contribution in [-0.4, -0.2) is 38.5 Å². The first-order chi connectivity index (χ1) is 11.7. The van der Waals surface area contributed by atoms with Crippen molar-refractivity contribution in [3.05, 3.63) is 47.0 Å². The van der Waals surface area contributed by atoms with E-state index in [1.54, 1.807) is 5.57 Å². The van der Waals surface area contributed by atoms with Crippen molar-refractivity contribution in [1.82, 2.24) is 15.5 Å². The van der Waals surface area contributed by atoms with Gasteiger partial charge in [-0.3, -0.25) is 4.99 Å². The number of allylic oxidation sites excluding steroid dienone is 1. The van der Waals surface area contributed by atoms with Gasteiger partial charge in [-0.05, 0) is 57.3 Å². The SMILES string of the molecule is CN=C(NCCC1=CCCCC1)NCc1ccc(CN(C)C)cc1.I. The fourth-order valence-electron chi connectivity index (χ4n) is 3.01. The molecule has 0 saturated carbocycles. The van der Waals surface area contributed by atoms with E-state index in [9.17, 15) is 0 Å². The Kier molecular flexibility index (Phi) is 10.8. The van der Waals surface area contributed by atoms with Crippen molar-refractivity contribution in [3.63, 3.8) is 0 Å². The minimum atomic E-state index is 0. The smallest absolute Gasteiger partial charge is 0.191 e. The molecule has 0 aromatic heterocycles. The van der Waals surface area contributed by atoms with Crippen LogP contribution >= 0.6 is 24.0 Å². The van der Waals surface area contributed by atoms with E-state index in [-0.39, 0.29) is 24.0 Å². The van der Waals surface area contributed by atoms with Gasteiger partial charge in [-0.1, -0.05) is 35.9 Å². The molecule has 0 heterocycles. The highest BCUT2D eigenvalue weighted by molar-refractivity contribution is 14.0. The van der Waals surface area contributed by atoms with Gasteiger partial charge in [0.25, 0.3) is 0 Å². The maximum atomic E-state index is 4.31. The largest absolute Gasteiger partial charge is 0.356 e. The highest BCUT2D eigenvalue weighted by atomic mass is 127. The molecule has 1 aromatic carbocycles. The summed E-state index contributed by atoms with van der Waals surface area (Å²) in [7, 11) is 6.01. The predicted molar refractivity (Wildman–Crippen MR) is 119 cm³/mol. The zero-order valence-electron chi connectivity index (χ0n) is 15.8. The van der Waals surface area contributed by atoms with Crippen LogP contribution in [0, 0.1) is 0 Å². The van der Waals surface area contributed by atoms with Crippen LogP contribution in [0.25, 0.3) is 0 Å². The van der Waals surface area contributed by atoms with Gasteiger partial charge >= 0.3 is 0 Å². The first-order valence-corrected chi connectivity index (χ1v) is 9.02. The van der Waals surface area contributed by atoms with E-state index >= 15 is 0 Å². The van der Waals surface area contributed by atoms with E-state index < -0.39 is 0 Å². The zero-order valence-corrected chi connectivity index (χ0v) is 18.2. The number of aliphatic imine (C=N–C) groups is 1. The first kappa shape index (κ1) is 22.0. The van der Waals surface area contributed by atoms with Crippen LogP contribution in [0.4, 0.5) is 0 Å². The topological polar surface area (TPSA) is 39.7 Å². The van der Waals surface area contributed by atoms with Gasteiger partial charge in [0, 0.05) is 26.7 Å². The van der Waals surface area contributed by atoms with Gasteiger partial charge in [-0.15, -0.1) is 24.0 Å². The van der Waals surface area contributed by atoms with Crippen LogP contribution in [0.15, 0.2) is 40.9 Å². The Morgan fingerprint density at radius 3 is 2.40 bits per heavy atom. The molecule has 0 amide bonds. The lowest BCUT2D eigenvalue weighted by molar-refractivity contribution is 0.402. The second-order valence-electron chi connectivity index (χ2n) is 6.76. The molecule has 0 aliphatic heterocycles. The minimum absolute atomic E-state index is 0. The van der Waals surface area contributed by atoms with Gasteiger partial charge in [0.05, 0.1) is 0 Å². The first-order valence-electron chi connectivity index (χ1n) is 9.02. The van der Waals surface area contributed by atoms with Gasteiger partial charge in [-0.2, -0.15) is 0 Å². The fourth-order valence-corrected chi connectivity index (χ4v) is 3.01. The molecule has 25 heavy (non-hydrogen) atoms. The van der Waals surface area contributed by atoms with Crippen molar-refractivity contribution in [2.45, 2.75) is 45.2 Å². The molecule has 0 spiro atoms. The summed E-state index contributed by atoms with van der Waals surface area (Å²) in [5.41, 5.74) is 4.21. The standard InChI is InChI=1S/C20H32N4.HI/c1-21-20(22-14-13-17-7-5-4-6-8-17)23-15-18-9-11-19(12-10-18)16-24(2)3;/h7,9-12H,4-6,8,13-16H2,1-3H3,(H2,21,22,23);1H. The van der Waals surface area contributed by atoms with E-state index in [0.717, 1.165) is 32.0 Å². The molecule has 0 bridgehead atoms. The molecule has 4 nitrogen and oxygen atoms in total. The molecule has 1 aliphatic carbocycles. The van der Waals surface area contributed by atoms with Crippen LogP contribution in [0.2, 0.25) is 0 Å². The average molecular weight is 456 g/mol. The Morgan fingerprint density at radius 2 is 1.80 bits per heavy atom. The van der Waals surface area contributed by atoms with Crippen molar-refractivity contribution in [1.29, 1.82) is 0 Å². The van der Waals surface area contributed by atoms with Gasteiger partial charge in [-0.25, -0.2) is 0 Å². The van der Waals surface area contributed by atoms with Gasteiger partial charge in [0.1, 0.15) is 0 Å². The summed E-state index contributed by atoms with van der Waals surface area (Å²) >= 11 is 0. The Bertz CT molecular complexity index is 549. The third kappa shape index (κ3) is 8.72. The second kappa shape index (κ2) is 12.3. The van der Waals surface area contributed by atoms with Crippen LogP contribution in [0.3, 0.4) is 0 Å².